The number of hydrogen-bond donors (Lipinski definition) is 2. The fourth-order valence-corrected chi connectivity index (χ4v) is 2.16. The van der Waals surface area contributed by atoms with E-state index >= 15 is 0 Å². The van der Waals surface area contributed by atoms with Crippen molar-refractivity contribution in [3.63, 3.8) is 0 Å². The summed E-state index contributed by atoms with van der Waals surface area (Å²) in [6, 6.07) is 0.477. The standard InChI is InChI=1S/C12H20N4O/c1-4-10-11(13-2)14-7-15-12(10)16-8-5-9(6-8)17-3/h7-9H,4-6H2,1-3H3,(H2,13,14,15,16). The van der Waals surface area contributed by atoms with Crippen LogP contribution in [0, 0.1) is 0 Å². The van der Waals surface area contributed by atoms with Gasteiger partial charge in [0.25, 0.3) is 0 Å². The van der Waals surface area contributed by atoms with E-state index in [9.17, 15) is 0 Å². The molecule has 94 valence electrons. The minimum atomic E-state index is 0.406. The molecule has 0 radical (unpaired) electrons. The molecule has 0 spiro atoms. The van der Waals surface area contributed by atoms with Gasteiger partial charge in [0.1, 0.15) is 18.0 Å². The first-order chi connectivity index (χ1) is 8.28. The fourth-order valence-electron chi connectivity index (χ4n) is 2.16. The molecule has 1 heterocycles. The third kappa shape index (κ3) is 2.49. The lowest BCUT2D eigenvalue weighted by molar-refractivity contribution is 0.0327. The highest BCUT2D eigenvalue weighted by Crippen LogP contribution is 2.28. The van der Waals surface area contributed by atoms with Crippen molar-refractivity contribution in [3.8, 4) is 0 Å². The van der Waals surface area contributed by atoms with Gasteiger partial charge in [0.2, 0.25) is 0 Å². The average Bonchev–Trinajstić information content (AvgIpc) is 2.32. The Hall–Kier alpha value is -1.36. The molecule has 0 saturated heterocycles. The van der Waals surface area contributed by atoms with Crippen LogP contribution in [-0.2, 0) is 11.2 Å². The monoisotopic (exact) mass is 236 g/mol. The molecule has 5 heteroatoms. The highest BCUT2D eigenvalue weighted by molar-refractivity contribution is 5.57. The van der Waals surface area contributed by atoms with Crippen molar-refractivity contribution >= 4 is 11.6 Å². The predicted molar refractivity (Wildman–Crippen MR) is 68.4 cm³/mol. The highest BCUT2D eigenvalue weighted by Gasteiger charge is 2.29. The fraction of sp³-hybridized carbons (Fsp3) is 0.667. The molecule has 17 heavy (non-hydrogen) atoms. The lowest BCUT2D eigenvalue weighted by Crippen LogP contribution is -2.40. The Bertz CT molecular complexity index is 377. The Balaban J connectivity index is 2.05. The lowest BCUT2D eigenvalue weighted by atomic mass is 9.89. The molecule has 0 atom stereocenters. The van der Waals surface area contributed by atoms with E-state index in [0.717, 1.165) is 36.5 Å². The van der Waals surface area contributed by atoms with Gasteiger partial charge in [0.05, 0.1) is 6.10 Å². The van der Waals surface area contributed by atoms with Gasteiger partial charge in [-0.1, -0.05) is 6.92 Å². The zero-order chi connectivity index (χ0) is 12.3. The van der Waals surface area contributed by atoms with E-state index in [2.05, 4.69) is 27.5 Å². The van der Waals surface area contributed by atoms with Gasteiger partial charge in [-0.05, 0) is 19.3 Å². The molecule has 1 aromatic rings. The molecule has 2 rings (SSSR count). The molecule has 0 bridgehead atoms. The quantitative estimate of drug-likeness (QED) is 0.814. The van der Waals surface area contributed by atoms with Crippen LogP contribution in [0.1, 0.15) is 25.3 Å². The Labute approximate surface area is 102 Å². The summed E-state index contributed by atoms with van der Waals surface area (Å²) in [5, 5.41) is 6.57. The summed E-state index contributed by atoms with van der Waals surface area (Å²) in [7, 11) is 3.65. The van der Waals surface area contributed by atoms with Crippen LogP contribution < -0.4 is 10.6 Å². The number of ether oxygens (including phenoxy) is 1. The van der Waals surface area contributed by atoms with Crippen LogP contribution in [0.15, 0.2) is 6.33 Å². The molecule has 0 aromatic carbocycles. The molecule has 0 aliphatic heterocycles. The molecule has 1 aliphatic rings. The molecular weight excluding hydrogens is 216 g/mol. The van der Waals surface area contributed by atoms with E-state index in [1.165, 1.54) is 0 Å². The van der Waals surface area contributed by atoms with Gasteiger partial charge >= 0.3 is 0 Å². The van der Waals surface area contributed by atoms with Crippen LogP contribution in [0.4, 0.5) is 11.6 Å². The average molecular weight is 236 g/mol. The van der Waals surface area contributed by atoms with E-state index < -0.39 is 0 Å². The number of aromatic nitrogens is 2. The van der Waals surface area contributed by atoms with Gasteiger partial charge < -0.3 is 15.4 Å². The summed E-state index contributed by atoms with van der Waals surface area (Å²) >= 11 is 0. The normalized spacial score (nSPS) is 23.0. The first kappa shape index (κ1) is 12.1. The zero-order valence-electron chi connectivity index (χ0n) is 10.7. The van der Waals surface area contributed by atoms with Crippen molar-refractivity contribution in [3.05, 3.63) is 11.9 Å². The number of hydrogen-bond acceptors (Lipinski definition) is 5. The van der Waals surface area contributed by atoms with Crippen LogP contribution in [0.2, 0.25) is 0 Å². The topological polar surface area (TPSA) is 59.1 Å². The van der Waals surface area contributed by atoms with E-state index in [1.807, 2.05) is 7.05 Å². The molecule has 5 nitrogen and oxygen atoms in total. The largest absolute Gasteiger partial charge is 0.381 e. The van der Waals surface area contributed by atoms with Crippen LogP contribution in [0.5, 0.6) is 0 Å². The molecule has 1 saturated carbocycles. The van der Waals surface area contributed by atoms with Crippen molar-refractivity contribution in [1.29, 1.82) is 0 Å². The third-order valence-electron chi connectivity index (χ3n) is 3.30. The van der Waals surface area contributed by atoms with Gasteiger partial charge in [-0.15, -0.1) is 0 Å². The first-order valence-electron chi connectivity index (χ1n) is 6.09. The van der Waals surface area contributed by atoms with Crippen molar-refractivity contribution in [2.45, 2.75) is 38.3 Å². The Morgan fingerprint density at radius 3 is 2.65 bits per heavy atom. The number of nitrogens with one attached hydrogen (secondary N) is 2. The summed E-state index contributed by atoms with van der Waals surface area (Å²) in [6.45, 7) is 2.11. The molecule has 0 unspecified atom stereocenters. The molecule has 0 amide bonds. The predicted octanol–water partition coefficient (Wildman–Crippen LogP) is 1.67. The number of nitrogens with zero attached hydrogens (tertiary/aromatic N) is 2. The summed E-state index contributed by atoms with van der Waals surface area (Å²) in [4.78, 5) is 8.55. The summed E-state index contributed by atoms with van der Waals surface area (Å²) in [6.07, 6.45) is 5.03. The van der Waals surface area contributed by atoms with E-state index in [0.29, 0.717) is 12.1 Å². The molecule has 1 aromatic heterocycles. The van der Waals surface area contributed by atoms with Gasteiger partial charge in [-0.2, -0.15) is 0 Å². The number of rotatable bonds is 5. The van der Waals surface area contributed by atoms with E-state index in [1.54, 1.807) is 13.4 Å². The summed E-state index contributed by atoms with van der Waals surface area (Å²) in [5.41, 5.74) is 1.15. The minimum Gasteiger partial charge on any atom is -0.381 e. The van der Waals surface area contributed by atoms with Crippen molar-refractivity contribution in [1.82, 2.24) is 9.97 Å². The highest BCUT2D eigenvalue weighted by atomic mass is 16.5. The number of anilines is 2. The maximum Gasteiger partial charge on any atom is 0.134 e. The SMILES string of the molecule is CCc1c(NC)ncnc1NC1CC(OC)C1. The lowest BCUT2D eigenvalue weighted by Gasteiger charge is -2.35. The molecular formula is C12H20N4O. The smallest absolute Gasteiger partial charge is 0.134 e. The van der Waals surface area contributed by atoms with Crippen molar-refractivity contribution in [2.24, 2.45) is 0 Å². The van der Waals surface area contributed by atoms with Gasteiger partial charge in [-0.3, -0.25) is 0 Å². The second kappa shape index (κ2) is 5.31. The van der Waals surface area contributed by atoms with Crippen LogP contribution in [0.3, 0.4) is 0 Å². The molecule has 1 fully saturated rings. The van der Waals surface area contributed by atoms with Crippen LogP contribution in [-0.4, -0.2) is 36.3 Å². The molecule has 1 aliphatic carbocycles. The Morgan fingerprint density at radius 1 is 1.35 bits per heavy atom. The van der Waals surface area contributed by atoms with Crippen LogP contribution >= 0.6 is 0 Å². The minimum absolute atomic E-state index is 0.406. The van der Waals surface area contributed by atoms with Gasteiger partial charge in [-0.25, -0.2) is 9.97 Å². The first-order valence-corrected chi connectivity index (χ1v) is 6.09. The Morgan fingerprint density at radius 2 is 2.06 bits per heavy atom. The van der Waals surface area contributed by atoms with Gasteiger partial charge in [0.15, 0.2) is 0 Å². The maximum absolute atomic E-state index is 5.27. The van der Waals surface area contributed by atoms with E-state index in [-0.39, 0.29) is 0 Å². The summed E-state index contributed by atoms with van der Waals surface area (Å²) in [5.74, 6) is 1.86. The number of methoxy groups -OCH3 is 1. The summed E-state index contributed by atoms with van der Waals surface area (Å²) < 4.78 is 5.27. The third-order valence-corrected chi connectivity index (χ3v) is 3.30. The maximum atomic E-state index is 5.27. The van der Waals surface area contributed by atoms with E-state index in [4.69, 9.17) is 4.74 Å². The zero-order valence-corrected chi connectivity index (χ0v) is 10.7. The molecule has 2 N–H and O–H groups in total. The van der Waals surface area contributed by atoms with Crippen LogP contribution in [0.25, 0.3) is 0 Å². The van der Waals surface area contributed by atoms with Crippen molar-refractivity contribution < 1.29 is 4.74 Å². The van der Waals surface area contributed by atoms with Gasteiger partial charge in [0, 0.05) is 25.8 Å². The second-order valence-corrected chi connectivity index (χ2v) is 4.32. The Kier molecular flexibility index (Phi) is 3.78. The van der Waals surface area contributed by atoms with Crippen molar-refractivity contribution in [2.75, 3.05) is 24.8 Å². The second-order valence-electron chi connectivity index (χ2n) is 4.32.